The number of amides is 1. The highest BCUT2D eigenvalue weighted by Gasteiger charge is 2.22. The van der Waals surface area contributed by atoms with Crippen molar-refractivity contribution in [2.24, 2.45) is 5.10 Å². The number of nitrogens with one attached hydrogen (secondary N) is 1. The van der Waals surface area contributed by atoms with Crippen molar-refractivity contribution >= 4 is 17.8 Å². The molecule has 1 amide bonds. The largest absolute Gasteiger partial charge is 0.496 e. The summed E-state index contributed by atoms with van der Waals surface area (Å²) in [5, 5.41) is 15.4. The van der Waals surface area contributed by atoms with Gasteiger partial charge < -0.3 is 14.2 Å². The first-order chi connectivity index (χ1) is 14.0. The standard InChI is InChI=1S/C20H23N3O6/c1-4-10-29-19-16(23(25)26)11-14(12-18(19)28-5-2)13-21-22-20(24)15-8-6-7-9-17(15)27-3/h6-9,11-13H,4-5,10H2,1-3H3,(H,22,24)/b21-13+. The lowest BCUT2D eigenvalue weighted by atomic mass is 10.2. The van der Waals surface area contributed by atoms with Gasteiger partial charge in [0.2, 0.25) is 5.75 Å². The molecule has 0 unspecified atom stereocenters. The molecule has 0 aliphatic rings. The van der Waals surface area contributed by atoms with Crippen LogP contribution in [0.2, 0.25) is 0 Å². The van der Waals surface area contributed by atoms with Gasteiger partial charge in [0.25, 0.3) is 5.91 Å². The number of carbonyl (C=O) groups is 1. The van der Waals surface area contributed by atoms with Gasteiger partial charge in [-0.3, -0.25) is 14.9 Å². The monoisotopic (exact) mass is 401 g/mol. The van der Waals surface area contributed by atoms with Crippen LogP contribution >= 0.6 is 0 Å². The first kappa shape index (κ1) is 21.7. The number of hydrazone groups is 1. The van der Waals surface area contributed by atoms with E-state index in [0.717, 1.165) is 0 Å². The lowest BCUT2D eigenvalue weighted by Gasteiger charge is -2.12. The minimum atomic E-state index is -0.543. The average molecular weight is 401 g/mol. The highest BCUT2D eigenvalue weighted by atomic mass is 16.6. The van der Waals surface area contributed by atoms with Gasteiger partial charge >= 0.3 is 5.69 Å². The maximum atomic E-state index is 12.3. The van der Waals surface area contributed by atoms with Crippen LogP contribution in [0.4, 0.5) is 5.69 Å². The van der Waals surface area contributed by atoms with Crippen LogP contribution in [0.15, 0.2) is 41.5 Å². The summed E-state index contributed by atoms with van der Waals surface area (Å²) in [6.45, 7) is 4.30. The Bertz CT molecular complexity index is 898. The number of para-hydroxylation sites is 1. The van der Waals surface area contributed by atoms with Gasteiger partial charge in [0, 0.05) is 11.6 Å². The molecule has 2 aromatic carbocycles. The molecule has 0 bridgehead atoms. The normalized spacial score (nSPS) is 10.6. The number of nitrogens with zero attached hydrogens (tertiary/aromatic N) is 2. The van der Waals surface area contributed by atoms with Crippen molar-refractivity contribution in [1.29, 1.82) is 0 Å². The molecule has 0 aliphatic carbocycles. The highest BCUT2D eigenvalue weighted by Crippen LogP contribution is 2.38. The van der Waals surface area contributed by atoms with Crippen LogP contribution < -0.4 is 19.6 Å². The molecular formula is C20H23N3O6. The second-order valence-corrected chi connectivity index (χ2v) is 5.81. The summed E-state index contributed by atoms with van der Waals surface area (Å²) >= 11 is 0. The summed E-state index contributed by atoms with van der Waals surface area (Å²) in [7, 11) is 1.46. The van der Waals surface area contributed by atoms with Gasteiger partial charge in [0.1, 0.15) is 5.75 Å². The van der Waals surface area contributed by atoms with Crippen molar-refractivity contribution in [2.75, 3.05) is 20.3 Å². The predicted molar refractivity (Wildman–Crippen MR) is 108 cm³/mol. The van der Waals surface area contributed by atoms with Crippen molar-refractivity contribution < 1.29 is 23.9 Å². The molecule has 0 atom stereocenters. The predicted octanol–water partition coefficient (Wildman–Crippen LogP) is 3.55. The number of hydrogen-bond donors (Lipinski definition) is 1. The molecule has 0 spiro atoms. The smallest absolute Gasteiger partial charge is 0.315 e. The molecule has 9 heteroatoms. The second-order valence-electron chi connectivity index (χ2n) is 5.81. The minimum absolute atomic E-state index is 0.0777. The molecule has 0 aromatic heterocycles. The van der Waals surface area contributed by atoms with Gasteiger partial charge in [-0.15, -0.1) is 0 Å². The zero-order chi connectivity index (χ0) is 21.2. The quantitative estimate of drug-likeness (QED) is 0.370. The van der Waals surface area contributed by atoms with E-state index in [0.29, 0.717) is 36.5 Å². The molecule has 0 aliphatic heterocycles. The van der Waals surface area contributed by atoms with Gasteiger partial charge in [-0.25, -0.2) is 5.43 Å². The molecule has 154 valence electrons. The van der Waals surface area contributed by atoms with Gasteiger partial charge in [-0.1, -0.05) is 19.1 Å². The molecule has 9 nitrogen and oxygen atoms in total. The SMILES string of the molecule is CCCOc1c(OCC)cc(/C=N/NC(=O)c2ccccc2OC)cc1[N+](=O)[O-]. The topological polar surface area (TPSA) is 112 Å². The van der Waals surface area contributed by atoms with E-state index in [1.807, 2.05) is 6.92 Å². The highest BCUT2D eigenvalue weighted by molar-refractivity contribution is 5.97. The summed E-state index contributed by atoms with van der Waals surface area (Å²) in [6.07, 6.45) is 1.99. The number of carbonyl (C=O) groups excluding carboxylic acids is 1. The number of hydrogen-bond acceptors (Lipinski definition) is 7. The van der Waals surface area contributed by atoms with Crippen LogP contribution in [0.25, 0.3) is 0 Å². The van der Waals surface area contributed by atoms with E-state index >= 15 is 0 Å². The molecule has 2 aromatic rings. The number of methoxy groups -OCH3 is 1. The Labute approximate surface area is 168 Å². The Morgan fingerprint density at radius 1 is 1.21 bits per heavy atom. The van der Waals surface area contributed by atoms with E-state index in [-0.39, 0.29) is 17.2 Å². The Hall–Kier alpha value is -3.62. The molecule has 2 rings (SSSR count). The van der Waals surface area contributed by atoms with Crippen molar-refractivity contribution in [3.8, 4) is 17.2 Å². The van der Waals surface area contributed by atoms with E-state index in [9.17, 15) is 14.9 Å². The van der Waals surface area contributed by atoms with Crippen LogP contribution in [0.5, 0.6) is 17.2 Å². The summed E-state index contributed by atoms with van der Waals surface area (Å²) in [4.78, 5) is 23.2. The summed E-state index contributed by atoms with van der Waals surface area (Å²) in [5.41, 5.74) is 2.84. The van der Waals surface area contributed by atoms with Gasteiger partial charge in [0.05, 0.1) is 37.0 Å². The third-order valence-corrected chi connectivity index (χ3v) is 3.74. The fraction of sp³-hybridized carbons (Fsp3) is 0.300. The third-order valence-electron chi connectivity index (χ3n) is 3.74. The zero-order valence-corrected chi connectivity index (χ0v) is 16.5. The second kappa shape index (κ2) is 10.6. The van der Waals surface area contributed by atoms with Gasteiger partial charge in [0.15, 0.2) is 5.75 Å². The Kier molecular flexibility index (Phi) is 7.96. The molecule has 0 fully saturated rings. The van der Waals surface area contributed by atoms with Crippen molar-refractivity contribution in [3.63, 3.8) is 0 Å². The molecule has 0 heterocycles. The Morgan fingerprint density at radius 2 is 1.97 bits per heavy atom. The van der Waals surface area contributed by atoms with E-state index in [1.54, 1.807) is 37.3 Å². The summed E-state index contributed by atoms with van der Waals surface area (Å²) in [5.74, 6) is 0.259. The number of ether oxygens (including phenoxy) is 3. The average Bonchev–Trinajstić information content (AvgIpc) is 2.72. The third kappa shape index (κ3) is 5.68. The number of nitro benzene ring substituents is 1. The van der Waals surface area contributed by atoms with Gasteiger partial charge in [-0.05, 0) is 31.5 Å². The van der Waals surface area contributed by atoms with E-state index in [4.69, 9.17) is 14.2 Å². The molecular weight excluding hydrogens is 378 g/mol. The Balaban J connectivity index is 2.27. The first-order valence-electron chi connectivity index (χ1n) is 9.06. The van der Waals surface area contributed by atoms with E-state index in [1.165, 1.54) is 19.4 Å². The summed E-state index contributed by atoms with van der Waals surface area (Å²) in [6, 6.07) is 9.59. The van der Waals surface area contributed by atoms with Crippen LogP contribution in [-0.2, 0) is 0 Å². The fourth-order valence-corrected chi connectivity index (χ4v) is 2.49. The Morgan fingerprint density at radius 3 is 2.62 bits per heavy atom. The number of nitro groups is 1. The lowest BCUT2D eigenvalue weighted by molar-refractivity contribution is -0.386. The van der Waals surface area contributed by atoms with Crippen LogP contribution in [0.1, 0.15) is 36.2 Å². The molecule has 29 heavy (non-hydrogen) atoms. The zero-order valence-electron chi connectivity index (χ0n) is 16.5. The molecule has 0 radical (unpaired) electrons. The maximum absolute atomic E-state index is 12.3. The first-order valence-corrected chi connectivity index (χ1v) is 9.06. The van der Waals surface area contributed by atoms with Crippen LogP contribution in [0, 0.1) is 10.1 Å². The molecule has 1 N–H and O–H groups in total. The van der Waals surface area contributed by atoms with E-state index in [2.05, 4.69) is 10.5 Å². The fourth-order valence-electron chi connectivity index (χ4n) is 2.49. The number of benzene rings is 2. The van der Waals surface area contributed by atoms with Crippen molar-refractivity contribution in [1.82, 2.24) is 5.43 Å². The maximum Gasteiger partial charge on any atom is 0.315 e. The van der Waals surface area contributed by atoms with Crippen LogP contribution in [-0.4, -0.2) is 37.4 Å². The van der Waals surface area contributed by atoms with Crippen LogP contribution in [0.3, 0.4) is 0 Å². The number of rotatable bonds is 10. The molecule has 0 saturated heterocycles. The molecule has 0 saturated carbocycles. The lowest BCUT2D eigenvalue weighted by Crippen LogP contribution is -2.18. The van der Waals surface area contributed by atoms with Gasteiger partial charge in [-0.2, -0.15) is 5.10 Å². The minimum Gasteiger partial charge on any atom is -0.496 e. The van der Waals surface area contributed by atoms with Crippen molar-refractivity contribution in [2.45, 2.75) is 20.3 Å². The van der Waals surface area contributed by atoms with E-state index < -0.39 is 10.8 Å². The summed E-state index contributed by atoms with van der Waals surface area (Å²) < 4.78 is 16.2. The van der Waals surface area contributed by atoms with Crippen molar-refractivity contribution in [3.05, 3.63) is 57.6 Å².